The number of halogens is 1. The Balaban J connectivity index is 1.50. The van der Waals surface area contributed by atoms with Crippen molar-refractivity contribution < 1.29 is 4.52 Å². The molecule has 148 valence electrons. The van der Waals surface area contributed by atoms with E-state index in [1.165, 1.54) is 0 Å². The highest BCUT2D eigenvalue weighted by molar-refractivity contribution is 6.30. The Morgan fingerprint density at radius 3 is 2.93 bits per heavy atom. The lowest BCUT2D eigenvalue weighted by atomic mass is 9.94. The van der Waals surface area contributed by atoms with Gasteiger partial charge in [0, 0.05) is 17.0 Å². The number of nitrogens with zero attached hydrogens (tertiary/aromatic N) is 4. The second-order valence-electron chi connectivity index (χ2n) is 7.22. The van der Waals surface area contributed by atoms with Crippen molar-refractivity contribution in [3.63, 3.8) is 0 Å². The zero-order valence-corrected chi connectivity index (χ0v) is 16.3. The molecule has 4 heterocycles. The van der Waals surface area contributed by atoms with E-state index < -0.39 is 0 Å². The van der Waals surface area contributed by atoms with Gasteiger partial charge >= 0.3 is 0 Å². The lowest BCUT2D eigenvalue weighted by molar-refractivity contribution is 0.386. The van der Waals surface area contributed by atoms with Crippen LogP contribution < -0.4 is 10.9 Å². The van der Waals surface area contributed by atoms with Gasteiger partial charge < -0.3 is 14.8 Å². The second-order valence-corrected chi connectivity index (χ2v) is 7.66. The lowest BCUT2D eigenvalue weighted by Gasteiger charge is -2.23. The molecular weight excluding hydrogens is 392 g/mol. The zero-order valence-electron chi connectivity index (χ0n) is 15.6. The van der Waals surface area contributed by atoms with E-state index in [1.807, 2.05) is 24.3 Å². The van der Waals surface area contributed by atoms with E-state index in [0.29, 0.717) is 34.4 Å². The van der Waals surface area contributed by atoms with E-state index in [1.54, 1.807) is 16.8 Å². The standard InChI is InChI=1S/C20H19ClN6O2/c21-14-3-1-2-12(8-14)9-18-25-19(26-29-18)15-11-23-27-16(10-17(28)24-20(15)27)13-4-6-22-7-5-13/h1-3,8,10-11,13,22H,4-7,9H2,(H,24,28). The van der Waals surface area contributed by atoms with E-state index in [9.17, 15) is 4.79 Å². The molecule has 0 spiro atoms. The van der Waals surface area contributed by atoms with E-state index in [4.69, 9.17) is 16.1 Å². The van der Waals surface area contributed by atoms with Crippen molar-refractivity contribution in [2.75, 3.05) is 13.1 Å². The predicted molar refractivity (Wildman–Crippen MR) is 108 cm³/mol. The minimum atomic E-state index is -0.157. The van der Waals surface area contributed by atoms with Gasteiger partial charge in [-0.1, -0.05) is 28.9 Å². The molecule has 0 aliphatic carbocycles. The maximum atomic E-state index is 12.3. The van der Waals surface area contributed by atoms with E-state index in [-0.39, 0.29) is 11.5 Å². The summed E-state index contributed by atoms with van der Waals surface area (Å²) in [5.41, 5.74) is 2.96. The summed E-state index contributed by atoms with van der Waals surface area (Å²) in [5, 5.41) is 12.6. The normalized spacial score (nSPS) is 15.2. The maximum Gasteiger partial charge on any atom is 0.251 e. The third kappa shape index (κ3) is 3.56. The summed E-state index contributed by atoms with van der Waals surface area (Å²) in [4.78, 5) is 19.7. The number of piperidine rings is 1. The van der Waals surface area contributed by atoms with Crippen molar-refractivity contribution in [2.24, 2.45) is 0 Å². The second kappa shape index (κ2) is 7.46. The minimum Gasteiger partial charge on any atom is -0.339 e. The molecule has 1 aliphatic rings. The topological polar surface area (TPSA) is 101 Å². The summed E-state index contributed by atoms with van der Waals surface area (Å²) in [5.74, 6) is 1.16. The molecule has 8 nitrogen and oxygen atoms in total. The zero-order chi connectivity index (χ0) is 19.8. The van der Waals surface area contributed by atoms with Crippen molar-refractivity contribution in [2.45, 2.75) is 25.2 Å². The number of hydrogen-bond acceptors (Lipinski definition) is 6. The highest BCUT2D eigenvalue weighted by atomic mass is 35.5. The molecule has 0 unspecified atom stereocenters. The van der Waals surface area contributed by atoms with Crippen LogP contribution in [0.2, 0.25) is 5.02 Å². The molecule has 1 aromatic carbocycles. The number of H-pyrrole nitrogens is 1. The third-order valence-corrected chi connectivity index (χ3v) is 5.48. The first-order chi connectivity index (χ1) is 14.2. The number of fused-ring (bicyclic) bond motifs is 1. The fourth-order valence-electron chi connectivity index (χ4n) is 3.84. The van der Waals surface area contributed by atoms with Gasteiger partial charge in [0.25, 0.3) is 5.56 Å². The van der Waals surface area contributed by atoms with Gasteiger partial charge in [-0.05, 0) is 43.6 Å². The SMILES string of the molecule is O=c1cc(C2CCNCC2)n2ncc(-c3noc(Cc4cccc(Cl)c4)n3)c2[nH]1. The van der Waals surface area contributed by atoms with Crippen LogP contribution >= 0.6 is 11.6 Å². The summed E-state index contributed by atoms with van der Waals surface area (Å²) < 4.78 is 7.21. The van der Waals surface area contributed by atoms with Crippen LogP contribution in [0, 0.1) is 0 Å². The van der Waals surface area contributed by atoms with Crippen LogP contribution in [0.5, 0.6) is 0 Å². The molecule has 3 aromatic heterocycles. The van der Waals surface area contributed by atoms with Crippen LogP contribution in [-0.4, -0.2) is 37.8 Å². The molecule has 5 rings (SSSR count). The number of nitrogens with one attached hydrogen (secondary N) is 2. The molecule has 0 amide bonds. The molecule has 1 aliphatic heterocycles. The van der Waals surface area contributed by atoms with Gasteiger partial charge in [0.15, 0.2) is 0 Å². The van der Waals surface area contributed by atoms with E-state index in [0.717, 1.165) is 37.2 Å². The smallest absolute Gasteiger partial charge is 0.251 e. The van der Waals surface area contributed by atoms with E-state index >= 15 is 0 Å². The predicted octanol–water partition coefficient (Wildman–Crippen LogP) is 2.78. The molecule has 0 atom stereocenters. The van der Waals surface area contributed by atoms with Crippen molar-refractivity contribution in [3.05, 3.63) is 69.1 Å². The monoisotopic (exact) mass is 410 g/mol. The summed E-state index contributed by atoms with van der Waals surface area (Å²) in [6, 6.07) is 9.16. The molecule has 0 bridgehead atoms. The largest absolute Gasteiger partial charge is 0.339 e. The van der Waals surface area contributed by atoms with Gasteiger partial charge in [0.05, 0.1) is 23.9 Å². The van der Waals surface area contributed by atoms with Gasteiger partial charge in [0.2, 0.25) is 11.7 Å². The number of benzene rings is 1. The van der Waals surface area contributed by atoms with Crippen molar-refractivity contribution in [3.8, 4) is 11.4 Å². The van der Waals surface area contributed by atoms with Gasteiger partial charge in [-0.2, -0.15) is 10.1 Å². The number of hydrogen-bond donors (Lipinski definition) is 2. The fraction of sp³-hybridized carbons (Fsp3) is 0.300. The van der Waals surface area contributed by atoms with Crippen molar-refractivity contribution >= 4 is 17.2 Å². The van der Waals surface area contributed by atoms with Gasteiger partial charge in [-0.3, -0.25) is 4.79 Å². The van der Waals surface area contributed by atoms with Crippen molar-refractivity contribution in [1.82, 2.24) is 30.1 Å². The summed E-state index contributed by atoms with van der Waals surface area (Å²) >= 11 is 6.04. The highest BCUT2D eigenvalue weighted by Crippen LogP contribution is 2.27. The minimum absolute atomic E-state index is 0.157. The Hall–Kier alpha value is -2.97. The first-order valence-electron chi connectivity index (χ1n) is 9.56. The Labute approximate surface area is 170 Å². The number of aromatic amines is 1. The molecule has 9 heteroatoms. The summed E-state index contributed by atoms with van der Waals surface area (Å²) in [6.07, 6.45) is 4.09. The molecule has 1 saturated heterocycles. The first kappa shape index (κ1) is 18.1. The molecule has 2 N–H and O–H groups in total. The Morgan fingerprint density at radius 1 is 1.24 bits per heavy atom. The Kier molecular flexibility index (Phi) is 4.65. The molecule has 1 fully saturated rings. The molecule has 0 saturated carbocycles. The third-order valence-electron chi connectivity index (χ3n) is 5.25. The van der Waals surface area contributed by atoms with Gasteiger partial charge in [-0.25, -0.2) is 4.52 Å². The lowest BCUT2D eigenvalue weighted by Crippen LogP contribution is -2.28. The quantitative estimate of drug-likeness (QED) is 0.536. The average Bonchev–Trinajstić information content (AvgIpc) is 3.35. The van der Waals surface area contributed by atoms with Crippen LogP contribution in [0.1, 0.15) is 35.9 Å². The fourth-order valence-corrected chi connectivity index (χ4v) is 4.06. The Morgan fingerprint density at radius 2 is 2.10 bits per heavy atom. The van der Waals surface area contributed by atoms with E-state index in [2.05, 4.69) is 25.5 Å². The molecule has 29 heavy (non-hydrogen) atoms. The number of aromatic nitrogens is 5. The average molecular weight is 411 g/mol. The van der Waals surface area contributed by atoms with Crippen LogP contribution in [0.3, 0.4) is 0 Å². The molecular formula is C20H19ClN6O2. The first-order valence-corrected chi connectivity index (χ1v) is 9.94. The molecule has 4 aromatic rings. The maximum absolute atomic E-state index is 12.3. The highest BCUT2D eigenvalue weighted by Gasteiger charge is 2.22. The van der Waals surface area contributed by atoms with Crippen LogP contribution in [0.4, 0.5) is 0 Å². The number of rotatable bonds is 4. The van der Waals surface area contributed by atoms with Gasteiger partial charge in [0.1, 0.15) is 5.65 Å². The Bertz CT molecular complexity index is 1220. The van der Waals surface area contributed by atoms with Crippen LogP contribution in [0.25, 0.3) is 17.0 Å². The van der Waals surface area contributed by atoms with Crippen LogP contribution in [-0.2, 0) is 6.42 Å². The summed E-state index contributed by atoms with van der Waals surface area (Å²) in [7, 11) is 0. The molecule has 0 radical (unpaired) electrons. The van der Waals surface area contributed by atoms with Crippen molar-refractivity contribution in [1.29, 1.82) is 0 Å². The van der Waals surface area contributed by atoms with Gasteiger partial charge in [-0.15, -0.1) is 0 Å². The van der Waals surface area contributed by atoms with Crippen LogP contribution in [0.15, 0.2) is 45.8 Å². The summed E-state index contributed by atoms with van der Waals surface area (Å²) in [6.45, 7) is 1.87.